The normalized spacial score (nSPS) is 9.15. The fraction of sp³-hybridized carbons (Fsp3) is 0.143. The Bertz CT molecular complexity index is 302. The van der Waals surface area contributed by atoms with E-state index in [1.54, 1.807) is 0 Å². The van der Waals surface area contributed by atoms with Crippen LogP contribution in [0.2, 0.25) is 0 Å². The number of aryl methyl sites for hydroxylation is 1. The van der Waals surface area contributed by atoms with Gasteiger partial charge in [0, 0.05) is 11.2 Å². The largest absolute Gasteiger partial charge is 1.00 e. The molecule has 1 aromatic carbocycles. The Morgan fingerprint density at radius 3 is 2.08 bits per heavy atom. The molecule has 13 heavy (non-hydrogen) atoms. The van der Waals surface area contributed by atoms with Crippen molar-refractivity contribution in [2.24, 2.45) is 0 Å². The van der Waals surface area contributed by atoms with Gasteiger partial charge in [0.15, 0.2) is 0 Å². The minimum Gasteiger partial charge on any atom is -0.285 e. The van der Waals surface area contributed by atoms with Crippen LogP contribution in [0.5, 0.6) is 0 Å². The summed E-state index contributed by atoms with van der Waals surface area (Å²) in [5.74, 6) is 0. The van der Waals surface area contributed by atoms with E-state index >= 15 is 0 Å². The SMILES string of the molecule is Cc1[c-]cccc1.O=S(O)(O)=S.[K+]. The van der Waals surface area contributed by atoms with Gasteiger partial charge in [-0.05, 0) is 0 Å². The second kappa shape index (κ2) is 8.45. The van der Waals surface area contributed by atoms with E-state index < -0.39 is 9.05 Å². The van der Waals surface area contributed by atoms with E-state index in [1.165, 1.54) is 5.56 Å². The molecular weight excluding hydrogens is 235 g/mol. The molecule has 0 saturated heterocycles. The monoisotopic (exact) mass is 244 g/mol. The molecule has 0 aliphatic heterocycles. The molecule has 0 spiro atoms. The summed E-state index contributed by atoms with van der Waals surface area (Å²) in [5.41, 5.74) is 1.20. The van der Waals surface area contributed by atoms with Crippen LogP contribution < -0.4 is 51.4 Å². The smallest absolute Gasteiger partial charge is 0.285 e. The van der Waals surface area contributed by atoms with E-state index in [0.29, 0.717) is 0 Å². The first-order valence-corrected chi connectivity index (χ1v) is 5.42. The quantitative estimate of drug-likeness (QED) is 0.430. The number of benzene rings is 1. The maximum absolute atomic E-state index is 9.11. The van der Waals surface area contributed by atoms with E-state index in [4.69, 9.17) is 13.3 Å². The fourth-order valence-corrected chi connectivity index (χ4v) is 0.483. The van der Waals surface area contributed by atoms with Gasteiger partial charge in [0.1, 0.15) is 0 Å². The van der Waals surface area contributed by atoms with Crippen molar-refractivity contribution < 1.29 is 64.7 Å². The van der Waals surface area contributed by atoms with Crippen molar-refractivity contribution in [3.8, 4) is 0 Å². The van der Waals surface area contributed by atoms with Crippen LogP contribution in [-0.4, -0.2) is 13.3 Å². The van der Waals surface area contributed by atoms with Crippen LogP contribution in [0.3, 0.4) is 0 Å². The molecule has 0 saturated carbocycles. The number of hydrogen-bond acceptors (Lipinski definition) is 2. The van der Waals surface area contributed by atoms with Gasteiger partial charge in [-0.25, -0.2) is 0 Å². The summed E-state index contributed by atoms with van der Waals surface area (Å²) in [4.78, 5) is 0. The summed E-state index contributed by atoms with van der Waals surface area (Å²) in [6, 6.07) is 10.9. The zero-order valence-corrected chi connectivity index (χ0v) is 12.2. The molecule has 0 radical (unpaired) electrons. The summed E-state index contributed by atoms with van der Waals surface area (Å²) < 4.78 is 24.0. The fourth-order valence-electron chi connectivity index (χ4n) is 0.483. The molecule has 1 aromatic rings. The molecule has 3 nitrogen and oxygen atoms in total. The molecule has 0 atom stereocenters. The van der Waals surface area contributed by atoms with Crippen molar-refractivity contribution >= 4 is 20.2 Å². The Morgan fingerprint density at radius 2 is 1.92 bits per heavy atom. The first kappa shape index (κ1) is 16.6. The van der Waals surface area contributed by atoms with Crippen LogP contribution in [0.1, 0.15) is 5.56 Å². The molecular formula is C7H9KO3S2. The number of hydrogen-bond donors (Lipinski definition) is 2. The van der Waals surface area contributed by atoms with Gasteiger partial charge >= 0.3 is 51.4 Å². The molecule has 1 rings (SSSR count). The molecule has 0 bridgehead atoms. The van der Waals surface area contributed by atoms with E-state index in [-0.39, 0.29) is 51.4 Å². The minimum absolute atomic E-state index is 0. The molecule has 68 valence electrons. The average Bonchev–Trinajstić information content (AvgIpc) is 1.85. The zero-order valence-electron chi connectivity index (χ0n) is 7.43. The third kappa shape index (κ3) is 19.5. The summed E-state index contributed by atoms with van der Waals surface area (Å²) in [6.45, 7) is 2.03. The van der Waals surface area contributed by atoms with Gasteiger partial charge in [-0.2, -0.15) is 40.1 Å². The Kier molecular flexibility index (Phi) is 10.8. The Balaban J connectivity index is 0. The minimum atomic E-state index is -3.83. The van der Waals surface area contributed by atoms with Gasteiger partial charge in [-0.1, -0.05) is 6.92 Å². The van der Waals surface area contributed by atoms with Crippen LogP contribution >= 0.6 is 0 Å². The Hall–Kier alpha value is 1.15. The van der Waals surface area contributed by atoms with Crippen molar-refractivity contribution in [3.63, 3.8) is 0 Å². The predicted molar refractivity (Wildman–Crippen MR) is 50.8 cm³/mol. The topological polar surface area (TPSA) is 57.5 Å². The van der Waals surface area contributed by atoms with Crippen LogP contribution in [-0.2, 0) is 20.2 Å². The molecule has 6 heteroatoms. The molecule has 0 unspecified atom stereocenters. The van der Waals surface area contributed by atoms with Gasteiger partial charge in [-0.15, -0.1) is 0 Å². The molecule has 0 aliphatic rings. The van der Waals surface area contributed by atoms with Gasteiger partial charge in [0.25, 0.3) is 9.05 Å². The first-order valence-electron chi connectivity index (χ1n) is 3.03. The van der Waals surface area contributed by atoms with E-state index in [2.05, 4.69) is 17.3 Å². The number of rotatable bonds is 0. The summed E-state index contributed by atoms with van der Waals surface area (Å²) >= 11 is 3.47. The van der Waals surface area contributed by atoms with Crippen LogP contribution in [0, 0.1) is 13.0 Å². The molecule has 0 aliphatic carbocycles. The second-order valence-corrected chi connectivity index (χ2v) is 4.19. The summed E-state index contributed by atoms with van der Waals surface area (Å²) in [7, 11) is -3.83. The van der Waals surface area contributed by atoms with Crippen molar-refractivity contribution in [1.29, 1.82) is 0 Å². The third-order valence-electron chi connectivity index (χ3n) is 0.865. The molecule has 0 heterocycles. The van der Waals surface area contributed by atoms with Crippen molar-refractivity contribution in [1.82, 2.24) is 0 Å². The Labute approximate surface area is 126 Å². The van der Waals surface area contributed by atoms with Crippen LogP contribution in [0.25, 0.3) is 0 Å². The summed E-state index contributed by atoms with van der Waals surface area (Å²) in [6.07, 6.45) is 0. The second-order valence-electron chi connectivity index (χ2n) is 1.99. The molecule has 0 fully saturated rings. The maximum Gasteiger partial charge on any atom is 1.00 e. The van der Waals surface area contributed by atoms with Crippen LogP contribution in [0.4, 0.5) is 0 Å². The molecule has 0 aromatic heterocycles. The molecule has 2 N–H and O–H groups in total. The van der Waals surface area contributed by atoms with Gasteiger partial charge in [-0.3, -0.25) is 9.11 Å². The van der Waals surface area contributed by atoms with Crippen molar-refractivity contribution in [3.05, 3.63) is 35.9 Å². The van der Waals surface area contributed by atoms with Crippen LogP contribution in [0.15, 0.2) is 24.3 Å². The van der Waals surface area contributed by atoms with Gasteiger partial charge < -0.3 is 0 Å². The third-order valence-corrected chi connectivity index (χ3v) is 0.865. The Morgan fingerprint density at radius 1 is 1.46 bits per heavy atom. The van der Waals surface area contributed by atoms with Crippen molar-refractivity contribution in [2.45, 2.75) is 6.92 Å². The van der Waals surface area contributed by atoms with E-state index in [0.717, 1.165) is 0 Å². The van der Waals surface area contributed by atoms with Crippen molar-refractivity contribution in [2.75, 3.05) is 0 Å². The summed E-state index contributed by atoms with van der Waals surface area (Å²) in [5, 5.41) is 0. The standard InChI is InChI=1S/C7H7.K.H2O3S2/c1-7-5-3-2-4-6-7;;1-5(2,3)4/h2-5H,1H3;;(H2,1,2,3,4)/q-1;+1;. The van der Waals surface area contributed by atoms with Gasteiger partial charge in [0.05, 0.1) is 0 Å². The average molecular weight is 244 g/mol. The zero-order chi connectivity index (χ0) is 9.61. The van der Waals surface area contributed by atoms with E-state index in [9.17, 15) is 0 Å². The van der Waals surface area contributed by atoms with E-state index in [1.807, 2.05) is 31.2 Å². The predicted octanol–water partition coefficient (Wildman–Crippen LogP) is -1.52. The maximum atomic E-state index is 9.11. The first-order chi connectivity index (χ1) is 5.39. The molecule has 0 amide bonds. The van der Waals surface area contributed by atoms with Gasteiger partial charge in [0.2, 0.25) is 0 Å².